The molecular weight excluding hydrogens is 326 g/mol. The van der Waals surface area contributed by atoms with E-state index in [9.17, 15) is 14.7 Å². The number of aromatic amines is 1. The van der Waals surface area contributed by atoms with E-state index in [1.54, 1.807) is 0 Å². The van der Waals surface area contributed by atoms with Gasteiger partial charge in [0.05, 0.1) is 18.0 Å². The minimum absolute atomic E-state index is 0.267. The third kappa shape index (κ3) is 3.73. The molecular formula is C16H23N5O4. The van der Waals surface area contributed by atoms with Crippen molar-refractivity contribution < 1.29 is 10.2 Å². The van der Waals surface area contributed by atoms with Crippen LogP contribution in [-0.2, 0) is 26.6 Å². The van der Waals surface area contributed by atoms with Crippen molar-refractivity contribution >= 4 is 0 Å². The van der Waals surface area contributed by atoms with Crippen LogP contribution in [0.3, 0.4) is 0 Å². The largest absolute Gasteiger partial charge is 0.393 e. The van der Waals surface area contributed by atoms with Gasteiger partial charge in [-0.2, -0.15) is 5.10 Å². The SMILES string of the molecule is Cn1c(=O)[nH]cc(CCN2CCCn3nc([C@@H](O)CO)cc3C2)c1=O. The Kier molecular flexibility index (Phi) is 5.16. The molecule has 2 aromatic heterocycles. The minimum Gasteiger partial charge on any atom is -0.393 e. The van der Waals surface area contributed by atoms with Crippen LogP contribution in [0, 0.1) is 0 Å². The first-order chi connectivity index (χ1) is 12.0. The second kappa shape index (κ2) is 7.34. The topological polar surface area (TPSA) is 116 Å². The number of rotatable bonds is 5. The van der Waals surface area contributed by atoms with Crippen molar-refractivity contribution in [3.8, 4) is 0 Å². The number of H-pyrrole nitrogens is 1. The van der Waals surface area contributed by atoms with Gasteiger partial charge in [0, 0.05) is 45.0 Å². The van der Waals surface area contributed by atoms with E-state index in [-0.39, 0.29) is 12.2 Å². The Morgan fingerprint density at radius 2 is 2.16 bits per heavy atom. The highest BCUT2D eigenvalue weighted by Crippen LogP contribution is 2.18. The fourth-order valence-electron chi connectivity index (χ4n) is 3.07. The summed E-state index contributed by atoms with van der Waals surface area (Å²) >= 11 is 0. The third-order valence-corrected chi connectivity index (χ3v) is 4.58. The number of aliphatic hydroxyl groups is 2. The van der Waals surface area contributed by atoms with Crippen LogP contribution in [0.4, 0.5) is 0 Å². The van der Waals surface area contributed by atoms with Crippen LogP contribution in [0.25, 0.3) is 0 Å². The average Bonchev–Trinajstić information content (AvgIpc) is 2.91. The summed E-state index contributed by atoms with van der Waals surface area (Å²) in [6.07, 6.45) is 1.98. The highest BCUT2D eigenvalue weighted by molar-refractivity contribution is 5.14. The number of nitrogens with zero attached hydrogens (tertiary/aromatic N) is 4. The minimum atomic E-state index is -0.961. The Balaban J connectivity index is 1.70. The molecule has 3 rings (SSSR count). The predicted octanol–water partition coefficient (Wildman–Crippen LogP) is -1.26. The maximum absolute atomic E-state index is 12.1. The molecule has 0 radical (unpaired) electrons. The van der Waals surface area contributed by atoms with Crippen molar-refractivity contribution in [3.05, 3.63) is 50.1 Å². The van der Waals surface area contributed by atoms with E-state index in [1.807, 2.05) is 10.7 Å². The molecule has 0 saturated carbocycles. The summed E-state index contributed by atoms with van der Waals surface area (Å²) in [6, 6.07) is 1.82. The normalized spacial score (nSPS) is 16.4. The van der Waals surface area contributed by atoms with E-state index in [1.165, 1.54) is 13.2 Å². The van der Waals surface area contributed by atoms with Gasteiger partial charge in [0.25, 0.3) is 5.56 Å². The molecule has 0 unspecified atom stereocenters. The van der Waals surface area contributed by atoms with Crippen LogP contribution in [-0.4, -0.2) is 54.1 Å². The molecule has 0 aromatic carbocycles. The van der Waals surface area contributed by atoms with Crippen molar-refractivity contribution in [3.63, 3.8) is 0 Å². The van der Waals surface area contributed by atoms with E-state index < -0.39 is 11.8 Å². The monoisotopic (exact) mass is 349 g/mol. The molecule has 1 aliphatic rings. The van der Waals surface area contributed by atoms with Gasteiger partial charge in [-0.05, 0) is 18.9 Å². The molecule has 9 heteroatoms. The summed E-state index contributed by atoms with van der Waals surface area (Å²) in [5.74, 6) is 0. The Morgan fingerprint density at radius 1 is 1.36 bits per heavy atom. The summed E-state index contributed by atoms with van der Waals surface area (Å²) in [5, 5.41) is 23.2. The van der Waals surface area contributed by atoms with Crippen molar-refractivity contribution in [1.82, 2.24) is 24.2 Å². The quantitative estimate of drug-likeness (QED) is 0.621. The highest BCUT2D eigenvalue weighted by Gasteiger charge is 2.19. The molecule has 0 fully saturated rings. The zero-order valence-corrected chi connectivity index (χ0v) is 14.2. The van der Waals surface area contributed by atoms with Crippen molar-refractivity contribution in [2.75, 3.05) is 19.7 Å². The first kappa shape index (κ1) is 17.6. The second-order valence-corrected chi connectivity index (χ2v) is 6.34. The lowest BCUT2D eigenvalue weighted by Gasteiger charge is -2.19. The van der Waals surface area contributed by atoms with Crippen molar-refractivity contribution in [1.29, 1.82) is 0 Å². The first-order valence-corrected chi connectivity index (χ1v) is 8.35. The Labute approximate surface area is 144 Å². The van der Waals surface area contributed by atoms with E-state index in [0.717, 1.165) is 29.8 Å². The standard InChI is InChI=1S/C16H23N5O4/c1-19-15(24)11(8-17-16(19)25)3-6-20-4-2-5-21-12(9-20)7-13(18-21)14(23)10-22/h7-8,14,22-23H,2-6,9-10H2,1H3,(H,17,25)/t14-/m0/s1. The van der Waals surface area contributed by atoms with Crippen LogP contribution in [0.15, 0.2) is 21.9 Å². The van der Waals surface area contributed by atoms with Crippen LogP contribution in [0.5, 0.6) is 0 Å². The van der Waals surface area contributed by atoms with Crippen molar-refractivity contribution in [2.45, 2.75) is 32.0 Å². The lowest BCUT2D eigenvalue weighted by molar-refractivity contribution is 0.0916. The average molecular weight is 349 g/mol. The molecule has 1 atom stereocenters. The molecule has 0 bridgehead atoms. The summed E-state index contributed by atoms with van der Waals surface area (Å²) < 4.78 is 2.95. The lowest BCUT2D eigenvalue weighted by Crippen LogP contribution is -2.35. The number of hydrogen-bond donors (Lipinski definition) is 3. The van der Waals surface area contributed by atoms with Crippen LogP contribution in [0.1, 0.15) is 29.5 Å². The lowest BCUT2D eigenvalue weighted by atomic mass is 10.2. The van der Waals surface area contributed by atoms with Gasteiger partial charge in [0.15, 0.2) is 0 Å². The fourth-order valence-corrected chi connectivity index (χ4v) is 3.07. The Morgan fingerprint density at radius 3 is 2.92 bits per heavy atom. The summed E-state index contributed by atoms with van der Waals surface area (Å²) in [7, 11) is 1.46. The van der Waals surface area contributed by atoms with Gasteiger partial charge in [-0.25, -0.2) is 4.79 Å². The van der Waals surface area contributed by atoms with Gasteiger partial charge in [-0.15, -0.1) is 0 Å². The van der Waals surface area contributed by atoms with Crippen LogP contribution >= 0.6 is 0 Å². The van der Waals surface area contributed by atoms with E-state index in [0.29, 0.717) is 30.8 Å². The number of aromatic nitrogens is 4. The molecule has 9 nitrogen and oxygen atoms in total. The van der Waals surface area contributed by atoms with Gasteiger partial charge >= 0.3 is 5.69 Å². The molecule has 0 saturated heterocycles. The van der Waals surface area contributed by atoms with Gasteiger partial charge in [0.1, 0.15) is 6.10 Å². The predicted molar refractivity (Wildman–Crippen MR) is 90.2 cm³/mol. The van der Waals surface area contributed by atoms with Crippen molar-refractivity contribution in [2.24, 2.45) is 7.05 Å². The molecule has 136 valence electrons. The molecule has 3 heterocycles. The molecule has 0 aliphatic carbocycles. The molecule has 0 amide bonds. The molecule has 1 aliphatic heterocycles. The number of aliphatic hydroxyl groups excluding tert-OH is 2. The maximum Gasteiger partial charge on any atom is 0.328 e. The highest BCUT2D eigenvalue weighted by atomic mass is 16.3. The number of fused-ring (bicyclic) bond motifs is 1. The van der Waals surface area contributed by atoms with Crippen LogP contribution < -0.4 is 11.2 Å². The zero-order chi connectivity index (χ0) is 18.0. The first-order valence-electron chi connectivity index (χ1n) is 8.35. The Bertz CT molecular complexity index is 853. The molecule has 25 heavy (non-hydrogen) atoms. The van der Waals surface area contributed by atoms with E-state index >= 15 is 0 Å². The Hall–Kier alpha value is -2.23. The fraction of sp³-hybridized carbons (Fsp3) is 0.562. The third-order valence-electron chi connectivity index (χ3n) is 4.58. The number of nitrogens with one attached hydrogen (secondary N) is 1. The number of hydrogen-bond acceptors (Lipinski definition) is 6. The molecule has 2 aromatic rings. The van der Waals surface area contributed by atoms with Gasteiger partial charge < -0.3 is 15.2 Å². The molecule has 3 N–H and O–H groups in total. The van der Waals surface area contributed by atoms with Gasteiger partial charge in [0.2, 0.25) is 0 Å². The van der Waals surface area contributed by atoms with Gasteiger partial charge in [-0.1, -0.05) is 0 Å². The maximum atomic E-state index is 12.1. The second-order valence-electron chi connectivity index (χ2n) is 6.34. The summed E-state index contributed by atoms with van der Waals surface area (Å²) in [5.41, 5.74) is 1.36. The van der Waals surface area contributed by atoms with Gasteiger partial charge in [-0.3, -0.25) is 18.9 Å². The summed E-state index contributed by atoms with van der Waals surface area (Å²) in [4.78, 5) is 28.3. The molecule has 0 spiro atoms. The van der Waals surface area contributed by atoms with E-state index in [4.69, 9.17) is 5.11 Å². The smallest absolute Gasteiger partial charge is 0.328 e. The number of aryl methyl sites for hydroxylation is 1. The van der Waals surface area contributed by atoms with E-state index in [2.05, 4.69) is 15.0 Å². The summed E-state index contributed by atoms with van der Waals surface area (Å²) in [6.45, 7) is 2.63. The zero-order valence-electron chi connectivity index (χ0n) is 14.2. The van der Waals surface area contributed by atoms with Crippen LogP contribution in [0.2, 0.25) is 0 Å².